The van der Waals surface area contributed by atoms with Crippen LogP contribution < -0.4 is 5.32 Å². The Kier molecular flexibility index (Phi) is 4.81. The Morgan fingerprint density at radius 1 is 1.32 bits per heavy atom. The van der Waals surface area contributed by atoms with E-state index in [1.807, 2.05) is 12.1 Å². The molecule has 3 heteroatoms. The second kappa shape index (κ2) is 6.03. The molecule has 0 radical (unpaired) electrons. The van der Waals surface area contributed by atoms with Crippen molar-refractivity contribution in [3.8, 4) is 0 Å². The maximum absolute atomic E-state index is 6.42. The van der Waals surface area contributed by atoms with Gasteiger partial charge in [-0.05, 0) is 36.5 Å². The fourth-order valence-corrected chi connectivity index (χ4v) is 3.72. The van der Waals surface area contributed by atoms with Crippen molar-refractivity contribution in [1.82, 2.24) is 5.32 Å². The Hall–Kier alpha value is -0.240. The molecule has 106 valence electrons. The van der Waals surface area contributed by atoms with Crippen molar-refractivity contribution in [2.45, 2.75) is 51.5 Å². The Morgan fingerprint density at radius 3 is 2.53 bits per heavy atom. The third-order valence-corrected chi connectivity index (χ3v) is 4.84. The molecule has 1 nitrogen and oxygen atoms in total. The molecule has 1 aliphatic rings. The molecular weight excluding hydrogens is 277 g/mol. The average Bonchev–Trinajstić information content (AvgIpc) is 2.29. The molecule has 1 aromatic carbocycles. The van der Waals surface area contributed by atoms with Gasteiger partial charge in [0, 0.05) is 28.0 Å². The van der Waals surface area contributed by atoms with E-state index in [0.717, 1.165) is 17.5 Å². The summed E-state index contributed by atoms with van der Waals surface area (Å²) in [5.41, 5.74) is 1.46. The summed E-state index contributed by atoms with van der Waals surface area (Å²) in [5.74, 6) is 0.834. The van der Waals surface area contributed by atoms with E-state index >= 15 is 0 Å². The van der Waals surface area contributed by atoms with Crippen molar-refractivity contribution in [2.24, 2.45) is 5.92 Å². The second-order valence-corrected chi connectivity index (χ2v) is 6.97. The topological polar surface area (TPSA) is 12.0 Å². The maximum Gasteiger partial charge on any atom is 0.0458 e. The van der Waals surface area contributed by atoms with E-state index in [2.05, 4.69) is 32.2 Å². The lowest BCUT2D eigenvalue weighted by Crippen LogP contribution is -2.50. The van der Waals surface area contributed by atoms with Crippen LogP contribution in [-0.2, 0) is 5.41 Å². The van der Waals surface area contributed by atoms with Gasteiger partial charge in [0.25, 0.3) is 0 Å². The van der Waals surface area contributed by atoms with Crippen LogP contribution in [0.1, 0.15) is 45.6 Å². The van der Waals surface area contributed by atoms with Crippen molar-refractivity contribution in [2.75, 3.05) is 6.54 Å². The summed E-state index contributed by atoms with van der Waals surface area (Å²) < 4.78 is 0. The fraction of sp³-hybridized carbons (Fsp3) is 0.625. The first-order valence-electron chi connectivity index (χ1n) is 7.16. The zero-order valence-electron chi connectivity index (χ0n) is 12.0. The minimum absolute atomic E-state index is 0.201. The van der Waals surface area contributed by atoms with Crippen molar-refractivity contribution < 1.29 is 0 Å². The zero-order valence-corrected chi connectivity index (χ0v) is 13.5. The molecule has 0 atom stereocenters. The fourth-order valence-electron chi connectivity index (χ4n) is 3.11. The van der Waals surface area contributed by atoms with E-state index in [0.29, 0.717) is 11.1 Å². The van der Waals surface area contributed by atoms with Crippen LogP contribution in [0.25, 0.3) is 0 Å². The number of hydrogen-bond acceptors (Lipinski definition) is 1. The van der Waals surface area contributed by atoms with Gasteiger partial charge < -0.3 is 5.32 Å². The lowest BCUT2D eigenvalue weighted by atomic mass is 9.58. The van der Waals surface area contributed by atoms with Gasteiger partial charge in [-0.15, -0.1) is 0 Å². The summed E-state index contributed by atoms with van der Waals surface area (Å²) in [4.78, 5) is 0. The van der Waals surface area contributed by atoms with E-state index in [9.17, 15) is 0 Å². The zero-order chi connectivity index (χ0) is 14.0. The number of nitrogens with one attached hydrogen (secondary N) is 1. The van der Waals surface area contributed by atoms with Gasteiger partial charge in [0.05, 0.1) is 0 Å². The predicted octanol–water partition coefficient (Wildman–Crippen LogP) is 5.05. The molecule has 1 saturated carbocycles. The van der Waals surface area contributed by atoms with E-state index < -0.39 is 0 Å². The van der Waals surface area contributed by atoms with Crippen LogP contribution >= 0.6 is 23.2 Å². The molecule has 2 rings (SSSR count). The molecule has 0 bridgehead atoms. The normalized spacial score (nSPS) is 26.5. The summed E-state index contributed by atoms with van der Waals surface area (Å²) >= 11 is 12.4. The molecular formula is C16H23Cl2N. The van der Waals surface area contributed by atoms with E-state index in [1.165, 1.54) is 24.8 Å². The minimum atomic E-state index is 0.201. The lowest BCUT2D eigenvalue weighted by molar-refractivity contribution is 0.131. The van der Waals surface area contributed by atoms with Gasteiger partial charge in [0.1, 0.15) is 0 Å². The molecule has 0 aliphatic heterocycles. The highest BCUT2D eigenvalue weighted by Gasteiger charge is 2.45. The van der Waals surface area contributed by atoms with E-state index in [-0.39, 0.29) is 5.41 Å². The van der Waals surface area contributed by atoms with Crippen LogP contribution in [0.2, 0.25) is 10.0 Å². The van der Waals surface area contributed by atoms with Crippen molar-refractivity contribution in [3.63, 3.8) is 0 Å². The highest BCUT2D eigenvalue weighted by molar-refractivity contribution is 6.35. The molecule has 0 unspecified atom stereocenters. The molecule has 1 N–H and O–H groups in total. The van der Waals surface area contributed by atoms with Crippen LogP contribution in [0.15, 0.2) is 18.2 Å². The molecule has 1 aliphatic carbocycles. The number of benzene rings is 1. The van der Waals surface area contributed by atoms with Gasteiger partial charge >= 0.3 is 0 Å². The summed E-state index contributed by atoms with van der Waals surface area (Å²) in [6, 6.07) is 6.44. The number of halogens is 2. The van der Waals surface area contributed by atoms with Gasteiger partial charge in [0.2, 0.25) is 0 Å². The van der Waals surface area contributed by atoms with E-state index in [4.69, 9.17) is 23.2 Å². The van der Waals surface area contributed by atoms with Crippen LogP contribution in [0.3, 0.4) is 0 Å². The second-order valence-electron chi connectivity index (χ2n) is 6.12. The van der Waals surface area contributed by atoms with E-state index in [1.54, 1.807) is 0 Å². The van der Waals surface area contributed by atoms with Crippen LogP contribution in [-0.4, -0.2) is 12.6 Å². The molecule has 0 spiro atoms. The summed E-state index contributed by atoms with van der Waals surface area (Å²) in [5, 5.41) is 5.11. The van der Waals surface area contributed by atoms with Crippen molar-refractivity contribution >= 4 is 23.2 Å². The molecule has 0 aromatic heterocycles. The SMILES string of the molecule is CCC1CC(CNC(C)C)(c2ccc(Cl)cc2Cl)C1. The third-order valence-electron chi connectivity index (χ3n) is 4.29. The molecule has 19 heavy (non-hydrogen) atoms. The van der Waals surface area contributed by atoms with Crippen LogP contribution in [0.4, 0.5) is 0 Å². The largest absolute Gasteiger partial charge is 0.314 e. The average molecular weight is 300 g/mol. The minimum Gasteiger partial charge on any atom is -0.314 e. The maximum atomic E-state index is 6.42. The Labute approximate surface area is 126 Å². The molecule has 0 saturated heterocycles. The van der Waals surface area contributed by atoms with Gasteiger partial charge in [-0.25, -0.2) is 0 Å². The highest BCUT2D eigenvalue weighted by atomic mass is 35.5. The first kappa shape index (κ1) is 15.2. The molecule has 0 amide bonds. The van der Waals surface area contributed by atoms with Crippen molar-refractivity contribution in [1.29, 1.82) is 0 Å². The summed E-state index contributed by atoms with van der Waals surface area (Å²) in [6.07, 6.45) is 3.71. The Bertz CT molecular complexity index is 436. The quantitative estimate of drug-likeness (QED) is 0.802. The smallest absolute Gasteiger partial charge is 0.0458 e. The summed E-state index contributed by atoms with van der Waals surface area (Å²) in [6.45, 7) is 7.65. The van der Waals surface area contributed by atoms with Gasteiger partial charge in [-0.1, -0.05) is 56.5 Å². The molecule has 1 fully saturated rings. The van der Waals surface area contributed by atoms with Crippen LogP contribution in [0.5, 0.6) is 0 Å². The van der Waals surface area contributed by atoms with Gasteiger partial charge in [0.15, 0.2) is 0 Å². The third kappa shape index (κ3) is 3.26. The monoisotopic (exact) mass is 299 g/mol. The highest BCUT2D eigenvalue weighted by Crippen LogP contribution is 2.50. The lowest BCUT2D eigenvalue weighted by Gasteiger charge is -2.49. The standard InChI is InChI=1S/C16H23Cl2N/c1-4-12-8-16(9-12,10-19-11(2)3)14-6-5-13(17)7-15(14)18/h5-7,11-12,19H,4,8-10H2,1-3H3. The molecule has 0 heterocycles. The van der Waals surface area contributed by atoms with Gasteiger partial charge in [-0.3, -0.25) is 0 Å². The Balaban J connectivity index is 2.23. The Morgan fingerprint density at radius 2 is 2.00 bits per heavy atom. The number of rotatable bonds is 5. The van der Waals surface area contributed by atoms with Crippen molar-refractivity contribution in [3.05, 3.63) is 33.8 Å². The summed E-state index contributed by atoms with van der Waals surface area (Å²) in [7, 11) is 0. The first-order chi connectivity index (χ1) is 8.97. The molecule has 1 aromatic rings. The van der Waals surface area contributed by atoms with Gasteiger partial charge in [-0.2, -0.15) is 0 Å². The predicted molar refractivity (Wildman–Crippen MR) is 84.3 cm³/mol. The first-order valence-corrected chi connectivity index (χ1v) is 7.91. The number of hydrogen-bond donors (Lipinski definition) is 1. The van der Waals surface area contributed by atoms with Crippen LogP contribution in [0, 0.1) is 5.92 Å².